The fourth-order valence-corrected chi connectivity index (χ4v) is 5.12. The highest BCUT2D eigenvalue weighted by molar-refractivity contribution is 7.94. The number of rotatable bonds is 6. The normalized spacial score (nSPS) is 18.0. The Bertz CT molecular complexity index is 1040. The molecule has 0 bridgehead atoms. The number of hydrogen-bond acceptors (Lipinski definition) is 5. The van der Waals surface area contributed by atoms with Crippen LogP contribution in [0.15, 0.2) is 42.5 Å². The fourth-order valence-electron chi connectivity index (χ4n) is 3.11. The first-order chi connectivity index (χ1) is 13.7. The maximum Gasteiger partial charge on any atom is 0.252 e. The van der Waals surface area contributed by atoms with Gasteiger partial charge in [-0.3, -0.25) is 9.59 Å². The molecule has 9 heteroatoms. The molecule has 0 aromatic heterocycles. The van der Waals surface area contributed by atoms with Crippen molar-refractivity contribution in [1.29, 1.82) is 0 Å². The Hall–Kier alpha value is -2.58. The molecule has 1 heterocycles. The third-order valence-corrected chi connectivity index (χ3v) is 6.85. The van der Waals surface area contributed by atoms with Crippen LogP contribution in [0.25, 0.3) is 0 Å². The van der Waals surface area contributed by atoms with E-state index in [1.54, 1.807) is 14.0 Å². The van der Waals surface area contributed by atoms with Crippen molar-refractivity contribution in [1.82, 2.24) is 5.32 Å². The van der Waals surface area contributed by atoms with Gasteiger partial charge < -0.3 is 10.1 Å². The number of halogens is 1. The smallest absolute Gasteiger partial charge is 0.252 e. The average Bonchev–Trinajstić information content (AvgIpc) is 2.89. The Kier molecular flexibility index (Phi) is 6.14. The number of ether oxygens (including phenoxy) is 1. The van der Waals surface area contributed by atoms with Crippen LogP contribution in [0.5, 0.6) is 5.75 Å². The molecule has 1 aliphatic rings. The van der Waals surface area contributed by atoms with E-state index in [0.29, 0.717) is 13.0 Å². The van der Waals surface area contributed by atoms with E-state index in [-0.39, 0.29) is 22.0 Å². The quantitative estimate of drug-likeness (QED) is 0.751. The molecule has 1 N–H and O–H groups in total. The predicted octanol–water partition coefficient (Wildman–Crippen LogP) is 2.63. The van der Waals surface area contributed by atoms with Crippen LogP contribution in [0.4, 0.5) is 5.69 Å². The molecule has 7 nitrogen and oxygen atoms in total. The van der Waals surface area contributed by atoms with Gasteiger partial charge in [0, 0.05) is 6.54 Å². The summed E-state index contributed by atoms with van der Waals surface area (Å²) in [5.74, 6) is -1.09. The number of nitrogens with zero attached hydrogens (tertiary/aromatic N) is 1. The zero-order valence-electron chi connectivity index (χ0n) is 16.0. The summed E-state index contributed by atoms with van der Waals surface area (Å²) in [6.07, 6.45) is 0.601. The minimum absolute atomic E-state index is 0.112. The molecule has 2 aromatic carbocycles. The molecule has 2 amide bonds. The maximum atomic E-state index is 12.6. The molecule has 0 radical (unpaired) electrons. The topological polar surface area (TPSA) is 92.8 Å². The van der Waals surface area contributed by atoms with E-state index in [0.717, 1.165) is 15.6 Å². The Morgan fingerprint density at radius 1 is 1.24 bits per heavy atom. The number of anilines is 1. The van der Waals surface area contributed by atoms with Crippen molar-refractivity contribution in [3.8, 4) is 5.75 Å². The minimum Gasteiger partial charge on any atom is -0.497 e. The van der Waals surface area contributed by atoms with Crippen LogP contribution in [0.2, 0.25) is 5.02 Å². The second-order valence-corrected chi connectivity index (χ2v) is 9.07. The predicted molar refractivity (Wildman–Crippen MR) is 111 cm³/mol. The summed E-state index contributed by atoms with van der Waals surface area (Å²) < 4.78 is 30.4. The van der Waals surface area contributed by atoms with Crippen LogP contribution in [0.3, 0.4) is 0 Å². The number of methoxy groups -OCH3 is 1. The number of carbonyl (C=O) groups is 2. The van der Waals surface area contributed by atoms with Gasteiger partial charge in [0.05, 0.1) is 35.1 Å². The largest absolute Gasteiger partial charge is 0.497 e. The summed E-state index contributed by atoms with van der Waals surface area (Å²) in [6.45, 7) is 1.92. The third-order valence-electron chi connectivity index (χ3n) is 4.65. The van der Waals surface area contributed by atoms with Gasteiger partial charge in [-0.15, -0.1) is 0 Å². The lowest BCUT2D eigenvalue weighted by Crippen LogP contribution is -2.31. The second-order valence-electron chi connectivity index (χ2n) is 6.80. The first kappa shape index (κ1) is 21.1. The molecule has 2 aromatic rings. The van der Waals surface area contributed by atoms with E-state index in [1.165, 1.54) is 18.2 Å². The highest BCUT2D eigenvalue weighted by Gasteiger charge is 2.42. The molecular formula is C20H21ClN2O5S. The van der Waals surface area contributed by atoms with E-state index in [4.69, 9.17) is 16.3 Å². The minimum atomic E-state index is -3.75. The Labute approximate surface area is 174 Å². The van der Waals surface area contributed by atoms with Gasteiger partial charge in [0.25, 0.3) is 5.91 Å². The van der Waals surface area contributed by atoms with E-state index >= 15 is 0 Å². The summed E-state index contributed by atoms with van der Waals surface area (Å²) in [5, 5.41) is 2.94. The second kappa shape index (κ2) is 8.42. The lowest BCUT2D eigenvalue weighted by molar-refractivity contribution is -0.119. The van der Waals surface area contributed by atoms with Gasteiger partial charge in [-0.05, 0) is 42.3 Å². The number of hydrogen-bond donors (Lipinski definition) is 1. The molecule has 3 rings (SSSR count). The number of benzene rings is 2. The van der Waals surface area contributed by atoms with Gasteiger partial charge >= 0.3 is 0 Å². The average molecular weight is 437 g/mol. The lowest BCUT2D eigenvalue weighted by Gasteiger charge is -2.17. The zero-order valence-corrected chi connectivity index (χ0v) is 17.6. The van der Waals surface area contributed by atoms with Gasteiger partial charge in [0.1, 0.15) is 5.75 Å². The lowest BCUT2D eigenvalue weighted by atomic mass is 10.1. The standard InChI is InChI=1S/C20H21ClN2O5S/c1-13-12-29(26,27)23(20(13)25)15-5-8-18(21)17(11-15)19(24)22-10-9-14-3-6-16(28-2)7-4-14/h3-8,11,13H,9-10,12H2,1-2H3,(H,22,24). The van der Waals surface area contributed by atoms with Crippen LogP contribution in [-0.4, -0.2) is 39.6 Å². The summed E-state index contributed by atoms with van der Waals surface area (Å²) in [4.78, 5) is 24.8. The Morgan fingerprint density at radius 3 is 2.52 bits per heavy atom. The number of sulfonamides is 1. The molecule has 0 saturated carbocycles. The fraction of sp³-hybridized carbons (Fsp3) is 0.300. The van der Waals surface area contributed by atoms with E-state index in [1.807, 2.05) is 24.3 Å². The van der Waals surface area contributed by atoms with Gasteiger partial charge in [0.15, 0.2) is 0 Å². The van der Waals surface area contributed by atoms with Gasteiger partial charge in [-0.2, -0.15) is 0 Å². The van der Waals surface area contributed by atoms with Crippen LogP contribution < -0.4 is 14.4 Å². The van der Waals surface area contributed by atoms with Crippen molar-refractivity contribution in [2.75, 3.05) is 23.7 Å². The molecule has 29 heavy (non-hydrogen) atoms. The summed E-state index contributed by atoms with van der Waals surface area (Å²) in [5.41, 5.74) is 1.25. The number of nitrogens with one attached hydrogen (secondary N) is 1. The first-order valence-corrected chi connectivity index (χ1v) is 11.0. The van der Waals surface area contributed by atoms with Crippen molar-refractivity contribution in [2.24, 2.45) is 5.92 Å². The molecule has 0 spiro atoms. The monoisotopic (exact) mass is 436 g/mol. The first-order valence-electron chi connectivity index (χ1n) is 9.00. The molecule has 1 fully saturated rings. The SMILES string of the molecule is COc1ccc(CCNC(=O)c2cc(N3C(=O)C(C)CS3(=O)=O)ccc2Cl)cc1. The number of carbonyl (C=O) groups excluding carboxylic acids is 2. The summed E-state index contributed by atoms with van der Waals surface area (Å²) in [7, 11) is -2.16. The van der Waals surface area contributed by atoms with E-state index < -0.39 is 27.8 Å². The molecule has 1 saturated heterocycles. The van der Waals surface area contributed by atoms with Crippen molar-refractivity contribution < 1.29 is 22.7 Å². The van der Waals surface area contributed by atoms with Crippen molar-refractivity contribution in [3.05, 3.63) is 58.6 Å². The molecule has 1 unspecified atom stereocenters. The highest BCUT2D eigenvalue weighted by atomic mass is 35.5. The maximum absolute atomic E-state index is 12.6. The number of amides is 2. The van der Waals surface area contributed by atoms with Crippen LogP contribution in [-0.2, 0) is 21.2 Å². The zero-order chi connectivity index (χ0) is 21.2. The van der Waals surface area contributed by atoms with Crippen molar-refractivity contribution in [2.45, 2.75) is 13.3 Å². The molecule has 1 aliphatic heterocycles. The van der Waals surface area contributed by atoms with Crippen molar-refractivity contribution in [3.63, 3.8) is 0 Å². The third kappa shape index (κ3) is 4.54. The molecular weight excluding hydrogens is 416 g/mol. The van der Waals surface area contributed by atoms with Gasteiger partial charge in [0.2, 0.25) is 15.9 Å². The van der Waals surface area contributed by atoms with E-state index in [9.17, 15) is 18.0 Å². The summed E-state index contributed by atoms with van der Waals surface area (Å²) in [6, 6.07) is 11.7. The molecule has 0 aliphatic carbocycles. The van der Waals surface area contributed by atoms with Crippen molar-refractivity contribution >= 4 is 39.1 Å². The van der Waals surface area contributed by atoms with Crippen LogP contribution in [0, 0.1) is 5.92 Å². The molecule has 1 atom stereocenters. The summed E-state index contributed by atoms with van der Waals surface area (Å²) >= 11 is 6.14. The van der Waals surface area contributed by atoms with Crippen LogP contribution >= 0.6 is 11.6 Å². The van der Waals surface area contributed by atoms with Gasteiger partial charge in [-0.1, -0.05) is 30.7 Å². The van der Waals surface area contributed by atoms with E-state index in [2.05, 4.69) is 5.32 Å². The highest BCUT2D eigenvalue weighted by Crippen LogP contribution is 2.31. The van der Waals surface area contributed by atoms with Crippen LogP contribution in [0.1, 0.15) is 22.8 Å². The van der Waals surface area contributed by atoms with Gasteiger partial charge in [-0.25, -0.2) is 12.7 Å². The molecule has 154 valence electrons. The Morgan fingerprint density at radius 2 is 1.93 bits per heavy atom. The Balaban J connectivity index is 1.72.